The average Bonchev–Trinajstić information content (AvgIpc) is 2.39. The standard InChI is InChI=1S/C12H16ClNO2S2/c1-10-9-14(6-7-17-10)18(15,16)12-4-2-11(8-13)3-5-12/h2-5,10H,6-9H2,1H3. The third-order valence-corrected chi connectivity index (χ3v) is 6.24. The Kier molecular flexibility index (Phi) is 4.59. The molecule has 0 bridgehead atoms. The van der Waals surface area contributed by atoms with Crippen LogP contribution in [0.2, 0.25) is 0 Å². The summed E-state index contributed by atoms with van der Waals surface area (Å²) in [5.41, 5.74) is 0.929. The fraction of sp³-hybridized carbons (Fsp3) is 0.500. The van der Waals surface area contributed by atoms with Gasteiger partial charge in [-0.2, -0.15) is 16.1 Å². The van der Waals surface area contributed by atoms with Gasteiger partial charge in [0.2, 0.25) is 10.0 Å². The SMILES string of the molecule is CC1CN(S(=O)(=O)c2ccc(CCl)cc2)CCS1. The lowest BCUT2D eigenvalue weighted by Crippen LogP contribution is -2.40. The van der Waals surface area contributed by atoms with Crippen molar-refractivity contribution >= 4 is 33.4 Å². The molecule has 6 heteroatoms. The van der Waals surface area contributed by atoms with Crippen molar-refractivity contribution in [3.05, 3.63) is 29.8 Å². The van der Waals surface area contributed by atoms with Gasteiger partial charge >= 0.3 is 0 Å². The fourth-order valence-corrected chi connectivity index (χ4v) is 4.84. The van der Waals surface area contributed by atoms with Crippen LogP contribution in [0, 0.1) is 0 Å². The van der Waals surface area contributed by atoms with E-state index in [1.165, 1.54) is 0 Å². The highest BCUT2D eigenvalue weighted by Gasteiger charge is 2.28. The van der Waals surface area contributed by atoms with Crippen LogP contribution in [0.1, 0.15) is 12.5 Å². The number of alkyl halides is 1. The van der Waals surface area contributed by atoms with Crippen molar-refractivity contribution in [2.45, 2.75) is 22.9 Å². The summed E-state index contributed by atoms with van der Waals surface area (Å²) < 4.78 is 26.4. The number of rotatable bonds is 3. The molecule has 100 valence electrons. The average molecular weight is 306 g/mol. The second kappa shape index (κ2) is 5.82. The molecule has 1 aromatic carbocycles. The monoisotopic (exact) mass is 305 g/mol. The molecule has 18 heavy (non-hydrogen) atoms. The third-order valence-electron chi connectivity index (χ3n) is 2.92. The molecule has 1 aliphatic rings. The number of nitrogens with zero attached hydrogens (tertiary/aromatic N) is 1. The van der Waals surface area contributed by atoms with Gasteiger partial charge in [0.05, 0.1) is 4.90 Å². The van der Waals surface area contributed by atoms with Gasteiger partial charge in [0.15, 0.2) is 0 Å². The summed E-state index contributed by atoms with van der Waals surface area (Å²) in [7, 11) is -3.34. The highest BCUT2D eigenvalue weighted by atomic mass is 35.5. The minimum atomic E-state index is -3.34. The predicted octanol–water partition coefficient (Wildman–Crippen LogP) is 2.55. The van der Waals surface area contributed by atoms with Gasteiger partial charge in [-0.3, -0.25) is 0 Å². The second-order valence-electron chi connectivity index (χ2n) is 4.32. The molecule has 0 amide bonds. The van der Waals surface area contributed by atoms with E-state index < -0.39 is 10.0 Å². The Hall–Kier alpha value is -0.230. The zero-order chi connectivity index (χ0) is 13.2. The maximum atomic E-state index is 12.4. The van der Waals surface area contributed by atoms with Gasteiger partial charge in [-0.25, -0.2) is 8.42 Å². The first-order valence-corrected chi connectivity index (χ1v) is 8.83. The summed E-state index contributed by atoms with van der Waals surface area (Å²) in [6.45, 7) is 3.24. The van der Waals surface area contributed by atoms with Crippen molar-refractivity contribution in [1.29, 1.82) is 0 Å². The van der Waals surface area contributed by atoms with Crippen molar-refractivity contribution in [2.24, 2.45) is 0 Å². The Morgan fingerprint density at radius 3 is 2.61 bits per heavy atom. The lowest BCUT2D eigenvalue weighted by Gasteiger charge is -2.29. The van der Waals surface area contributed by atoms with Gasteiger partial charge < -0.3 is 0 Å². The van der Waals surface area contributed by atoms with Crippen LogP contribution in [0.4, 0.5) is 0 Å². The molecule has 1 atom stereocenters. The molecule has 0 spiro atoms. The quantitative estimate of drug-likeness (QED) is 0.805. The summed E-state index contributed by atoms with van der Waals surface area (Å²) >= 11 is 7.51. The molecule has 0 radical (unpaired) electrons. The van der Waals surface area contributed by atoms with Gasteiger partial charge in [0.25, 0.3) is 0 Å². The van der Waals surface area contributed by atoms with Crippen LogP contribution in [0.3, 0.4) is 0 Å². The molecule has 0 aliphatic carbocycles. The number of hydrogen-bond acceptors (Lipinski definition) is 3. The predicted molar refractivity (Wildman–Crippen MR) is 76.7 cm³/mol. The number of hydrogen-bond donors (Lipinski definition) is 0. The van der Waals surface area contributed by atoms with Crippen molar-refractivity contribution in [3.63, 3.8) is 0 Å². The van der Waals surface area contributed by atoms with Crippen LogP contribution >= 0.6 is 23.4 Å². The minimum absolute atomic E-state index is 0.357. The third kappa shape index (κ3) is 3.02. The van der Waals surface area contributed by atoms with E-state index in [2.05, 4.69) is 6.92 Å². The van der Waals surface area contributed by atoms with Crippen molar-refractivity contribution < 1.29 is 8.42 Å². The number of halogens is 1. The first-order chi connectivity index (χ1) is 8.54. The summed E-state index contributed by atoms with van der Waals surface area (Å²) in [4.78, 5) is 0.357. The van der Waals surface area contributed by atoms with Crippen LogP contribution in [0.25, 0.3) is 0 Å². The second-order valence-corrected chi connectivity index (χ2v) is 8.07. The van der Waals surface area contributed by atoms with Gasteiger partial charge in [-0.1, -0.05) is 19.1 Å². The Balaban J connectivity index is 2.23. The van der Waals surface area contributed by atoms with Gasteiger partial charge in [0, 0.05) is 30.0 Å². The normalized spacial score (nSPS) is 22.0. The van der Waals surface area contributed by atoms with E-state index in [1.54, 1.807) is 28.6 Å². The highest BCUT2D eigenvalue weighted by Crippen LogP contribution is 2.24. The Morgan fingerprint density at radius 2 is 2.06 bits per heavy atom. The summed E-state index contributed by atoms with van der Waals surface area (Å²) in [6.07, 6.45) is 0. The molecule has 1 saturated heterocycles. The van der Waals surface area contributed by atoms with Crippen molar-refractivity contribution in [3.8, 4) is 0 Å². The molecule has 1 aromatic rings. The molecule has 3 nitrogen and oxygen atoms in total. The van der Waals surface area contributed by atoms with E-state index in [1.807, 2.05) is 11.8 Å². The Morgan fingerprint density at radius 1 is 1.39 bits per heavy atom. The van der Waals surface area contributed by atoms with Crippen LogP contribution in [0.15, 0.2) is 29.2 Å². The molecule has 1 heterocycles. The zero-order valence-electron chi connectivity index (χ0n) is 10.2. The summed E-state index contributed by atoms with van der Waals surface area (Å²) in [5.74, 6) is 1.26. The lowest BCUT2D eigenvalue weighted by atomic mass is 10.2. The lowest BCUT2D eigenvalue weighted by molar-refractivity contribution is 0.424. The van der Waals surface area contributed by atoms with Crippen LogP contribution in [0.5, 0.6) is 0 Å². The fourth-order valence-electron chi connectivity index (χ4n) is 1.90. The van der Waals surface area contributed by atoms with E-state index in [4.69, 9.17) is 11.6 Å². The maximum Gasteiger partial charge on any atom is 0.243 e. The maximum absolute atomic E-state index is 12.4. The number of sulfonamides is 1. The van der Waals surface area contributed by atoms with E-state index in [0.717, 1.165) is 11.3 Å². The number of benzene rings is 1. The molecule has 0 saturated carbocycles. The molecule has 1 fully saturated rings. The smallest absolute Gasteiger partial charge is 0.207 e. The van der Waals surface area contributed by atoms with Gasteiger partial charge in [-0.15, -0.1) is 11.6 Å². The van der Waals surface area contributed by atoms with E-state index >= 15 is 0 Å². The Labute approximate surface area is 118 Å². The summed E-state index contributed by atoms with van der Waals surface area (Å²) in [5, 5.41) is 0.357. The first kappa shape index (κ1) is 14.2. The zero-order valence-corrected chi connectivity index (χ0v) is 12.6. The molecule has 1 unspecified atom stereocenters. The van der Waals surface area contributed by atoms with Gasteiger partial charge in [-0.05, 0) is 17.7 Å². The van der Waals surface area contributed by atoms with Gasteiger partial charge in [0.1, 0.15) is 0 Å². The van der Waals surface area contributed by atoms with Crippen LogP contribution < -0.4 is 0 Å². The largest absolute Gasteiger partial charge is 0.243 e. The van der Waals surface area contributed by atoms with Crippen molar-refractivity contribution in [1.82, 2.24) is 4.31 Å². The Bertz CT molecular complexity index is 501. The van der Waals surface area contributed by atoms with E-state index in [-0.39, 0.29) is 0 Å². The van der Waals surface area contributed by atoms with E-state index in [0.29, 0.717) is 29.1 Å². The molecular formula is C12H16ClNO2S2. The topological polar surface area (TPSA) is 37.4 Å². The molecule has 2 rings (SSSR count). The highest BCUT2D eigenvalue weighted by molar-refractivity contribution is 8.00. The van der Waals surface area contributed by atoms with Crippen molar-refractivity contribution in [2.75, 3.05) is 18.8 Å². The summed E-state index contributed by atoms with van der Waals surface area (Å²) in [6, 6.07) is 6.81. The van der Waals surface area contributed by atoms with Crippen LogP contribution in [-0.2, 0) is 15.9 Å². The molecular weight excluding hydrogens is 290 g/mol. The van der Waals surface area contributed by atoms with Crippen LogP contribution in [-0.4, -0.2) is 36.8 Å². The molecule has 0 N–H and O–H groups in total. The number of thioether (sulfide) groups is 1. The first-order valence-electron chi connectivity index (χ1n) is 5.80. The van der Waals surface area contributed by atoms with E-state index in [9.17, 15) is 8.42 Å². The molecule has 1 aliphatic heterocycles. The molecule has 0 aromatic heterocycles. The minimum Gasteiger partial charge on any atom is -0.207 e.